The maximum absolute atomic E-state index is 3.78. The highest BCUT2D eigenvalue weighted by Gasteiger charge is 2.37. The molecule has 1 spiro atoms. The largest absolute Gasteiger partial charge is 0.309 e. The summed E-state index contributed by atoms with van der Waals surface area (Å²) < 4.78 is 0. The van der Waals surface area contributed by atoms with Crippen molar-refractivity contribution in [2.45, 2.75) is 36.1 Å². The number of thioether (sulfide) groups is 1. The SMILES string of the molecule is c1ccc(SCCN2CCNC3(CCCC3)C2)cc1. The molecule has 0 bridgehead atoms. The zero-order chi connectivity index (χ0) is 13.0. The molecule has 2 fully saturated rings. The lowest BCUT2D eigenvalue weighted by atomic mass is 9.95. The summed E-state index contributed by atoms with van der Waals surface area (Å²) in [5, 5.41) is 3.78. The normalized spacial score (nSPS) is 22.9. The van der Waals surface area contributed by atoms with Crippen LogP contribution in [-0.4, -0.2) is 42.4 Å². The van der Waals surface area contributed by atoms with Crippen molar-refractivity contribution in [3.05, 3.63) is 30.3 Å². The number of nitrogens with zero attached hydrogens (tertiary/aromatic N) is 1. The molecule has 2 aliphatic rings. The first kappa shape index (κ1) is 13.5. The Morgan fingerprint density at radius 1 is 1.16 bits per heavy atom. The number of benzene rings is 1. The van der Waals surface area contributed by atoms with Crippen LogP contribution >= 0.6 is 11.8 Å². The van der Waals surface area contributed by atoms with Crippen molar-refractivity contribution in [3.63, 3.8) is 0 Å². The molecule has 1 saturated carbocycles. The van der Waals surface area contributed by atoms with Crippen LogP contribution in [0.2, 0.25) is 0 Å². The van der Waals surface area contributed by atoms with Gasteiger partial charge in [-0.3, -0.25) is 4.90 Å². The number of piperazine rings is 1. The second kappa shape index (κ2) is 6.29. The molecule has 0 unspecified atom stereocenters. The van der Waals surface area contributed by atoms with Gasteiger partial charge < -0.3 is 5.32 Å². The summed E-state index contributed by atoms with van der Waals surface area (Å²) in [5.41, 5.74) is 0.468. The van der Waals surface area contributed by atoms with Crippen LogP contribution in [0.5, 0.6) is 0 Å². The molecule has 1 heterocycles. The lowest BCUT2D eigenvalue weighted by molar-refractivity contribution is 0.142. The van der Waals surface area contributed by atoms with E-state index in [0.29, 0.717) is 5.54 Å². The minimum atomic E-state index is 0.468. The van der Waals surface area contributed by atoms with E-state index in [-0.39, 0.29) is 0 Å². The lowest BCUT2D eigenvalue weighted by Crippen LogP contribution is -2.59. The Bertz CT molecular complexity index is 387. The molecule has 3 rings (SSSR count). The van der Waals surface area contributed by atoms with E-state index in [2.05, 4.69) is 40.5 Å². The van der Waals surface area contributed by atoms with Crippen LogP contribution in [0.4, 0.5) is 0 Å². The van der Waals surface area contributed by atoms with Crippen LogP contribution in [0, 0.1) is 0 Å². The van der Waals surface area contributed by atoms with E-state index in [0.717, 1.165) is 0 Å². The molecule has 1 aromatic carbocycles. The van der Waals surface area contributed by atoms with E-state index >= 15 is 0 Å². The standard InChI is InChI=1S/C16H24N2S/c1-2-6-15(7-3-1)19-13-12-18-11-10-17-16(14-18)8-4-5-9-16/h1-3,6-7,17H,4-5,8-14H2. The molecule has 19 heavy (non-hydrogen) atoms. The first-order chi connectivity index (χ1) is 9.36. The van der Waals surface area contributed by atoms with Gasteiger partial charge in [-0.05, 0) is 25.0 Å². The van der Waals surface area contributed by atoms with Gasteiger partial charge in [-0.25, -0.2) is 0 Å². The smallest absolute Gasteiger partial charge is 0.0309 e. The van der Waals surface area contributed by atoms with Crippen molar-refractivity contribution < 1.29 is 0 Å². The van der Waals surface area contributed by atoms with E-state index in [9.17, 15) is 0 Å². The summed E-state index contributed by atoms with van der Waals surface area (Å²) in [6, 6.07) is 10.8. The molecule has 0 aromatic heterocycles. The van der Waals surface area contributed by atoms with Crippen molar-refractivity contribution >= 4 is 11.8 Å². The molecule has 1 aromatic rings. The fourth-order valence-electron chi connectivity index (χ4n) is 3.43. The van der Waals surface area contributed by atoms with Crippen LogP contribution in [0.3, 0.4) is 0 Å². The van der Waals surface area contributed by atoms with Crippen molar-refractivity contribution in [2.75, 3.05) is 31.9 Å². The Morgan fingerprint density at radius 3 is 2.74 bits per heavy atom. The van der Waals surface area contributed by atoms with E-state index in [4.69, 9.17) is 0 Å². The Hall–Kier alpha value is -0.510. The average Bonchev–Trinajstić information content (AvgIpc) is 2.88. The molecule has 2 nitrogen and oxygen atoms in total. The number of rotatable bonds is 4. The zero-order valence-electron chi connectivity index (χ0n) is 11.6. The molecule has 104 valence electrons. The zero-order valence-corrected chi connectivity index (χ0v) is 12.4. The Morgan fingerprint density at radius 2 is 1.95 bits per heavy atom. The highest BCUT2D eigenvalue weighted by atomic mass is 32.2. The van der Waals surface area contributed by atoms with Crippen molar-refractivity contribution in [3.8, 4) is 0 Å². The topological polar surface area (TPSA) is 15.3 Å². The quantitative estimate of drug-likeness (QED) is 0.851. The van der Waals surface area contributed by atoms with Crippen LogP contribution in [-0.2, 0) is 0 Å². The minimum Gasteiger partial charge on any atom is -0.309 e. The molecule has 0 atom stereocenters. The summed E-state index contributed by atoms with van der Waals surface area (Å²) in [5.74, 6) is 1.21. The molecule has 3 heteroatoms. The summed E-state index contributed by atoms with van der Waals surface area (Å²) in [6.07, 6.45) is 5.60. The van der Waals surface area contributed by atoms with Gasteiger partial charge in [-0.2, -0.15) is 0 Å². The predicted molar refractivity (Wildman–Crippen MR) is 82.8 cm³/mol. The third kappa shape index (κ3) is 3.53. The fourth-order valence-corrected chi connectivity index (χ4v) is 4.36. The van der Waals surface area contributed by atoms with Crippen molar-refractivity contribution in [1.29, 1.82) is 0 Å². The van der Waals surface area contributed by atoms with Gasteiger partial charge in [0.05, 0.1) is 0 Å². The average molecular weight is 276 g/mol. The lowest BCUT2D eigenvalue weighted by Gasteiger charge is -2.41. The molecule has 0 amide bonds. The van der Waals surface area contributed by atoms with Crippen LogP contribution in [0.1, 0.15) is 25.7 Å². The summed E-state index contributed by atoms with van der Waals surface area (Å²) in [7, 11) is 0. The molecular weight excluding hydrogens is 252 g/mol. The van der Waals surface area contributed by atoms with E-state index < -0.39 is 0 Å². The van der Waals surface area contributed by atoms with Crippen molar-refractivity contribution in [1.82, 2.24) is 10.2 Å². The third-order valence-electron chi connectivity index (χ3n) is 4.43. The molecular formula is C16H24N2S. The first-order valence-electron chi connectivity index (χ1n) is 7.52. The highest BCUT2D eigenvalue weighted by Crippen LogP contribution is 2.32. The summed E-state index contributed by atoms with van der Waals surface area (Å²) >= 11 is 1.98. The van der Waals surface area contributed by atoms with Crippen LogP contribution < -0.4 is 5.32 Å². The van der Waals surface area contributed by atoms with Crippen molar-refractivity contribution in [2.24, 2.45) is 0 Å². The third-order valence-corrected chi connectivity index (χ3v) is 5.43. The van der Waals surface area contributed by atoms with Gasteiger partial charge in [0.25, 0.3) is 0 Å². The number of hydrogen-bond donors (Lipinski definition) is 1. The van der Waals surface area contributed by atoms with Gasteiger partial charge in [-0.1, -0.05) is 31.0 Å². The van der Waals surface area contributed by atoms with E-state index in [1.807, 2.05) is 11.8 Å². The Balaban J connectivity index is 1.45. The van der Waals surface area contributed by atoms with Crippen LogP contribution in [0.15, 0.2) is 35.2 Å². The number of hydrogen-bond acceptors (Lipinski definition) is 3. The maximum atomic E-state index is 3.78. The Labute approximate surface area is 121 Å². The molecule has 1 N–H and O–H groups in total. The van der Waals surface area contributed by atoms with E-state index in [1.165, 1.54) is 62.5 Å². The predicted octanol–water partition coefficient (Wildman–Crippen LogP) is 3.00. The van der Waals surface area contributed by atoms with Gasteiger partial charge in [-0.15, -0.1) is 11.8 Å². The second-order valence-electron chi connectivity index (χ2n) is 5.85. The second-order valence-corrected chi connectivity index (χ2v) is 7.02. The Kier molecular flexibility index (Phi) is 4.46. The minimum absolute atomic E-state index is 0.468. The molecule has 0 radical (unpaired) electrons. The van der Waals surface area contributed by atoms with Crippen LogP contribution in [0.25, 0.3) is 0 Å². The maximum Gasteiger partial charge on any atom is 0.0309 e. The van der Waals surface area contributed by atoms with Gasteiger partial charge in [0.2, 0.25) is 0 Å². The summed E-state index contributed by atoms with van der Waals surface area (Å²) in [6.45, 7) is 4.89. The highest BCUT2D eigenvalue weighted by molar-refractivity contribution is 7.99. The molecule has 1 aliphatic carbocycles. The van der Waals surface area contributed by atoms with Gasteiger partial charge in [0.15, 0.2) is 0 Å². The fraction of sp³-hybridized carbons (Fsp3) is 0.625. The summed E-state index contributed by atoms with van der Waals surface area (Å²) in [4.78, 5) is 4.06. The monoisotopic (exact) mass is 276 g/mol. The molecule has 1 saturated heterocycles. The van der Waals surface area contributed by atoms with Gasteiger partial charge >= 0.3 is 0 Å². The van der Waals surface area contributed by atoms with E-state index in [1.54, 1.807) is 0 Å². The first-order valence-corrected chi connectivity index (χ1v) is 8.50. The molecule has 1 aliphatic heterocycles. The van der Waals surface area contributed by atoms with Gasteiger partial charge in [0, 0.05) is 42.4 Å². The number of nitrogens with one attached hydrogen (secondary N) is 1. The van der Waals surface area contributed by atoms with Gasteiger partial charge in [0.1, 0.15) is 0 Å².